The highest BCUT2D eigenvalue weighted by Crippen LogP contribution is 2.42. The van der Waals surface area contributed by atoms with Crippen LogP contribution in [0, 0.1) is 0 Å². The summed E-state index contributed by atoms with van der Waals surface area (Å²) in [6.45, 7) is 2.29. The van der Waals surface area contributed by atoms with Gasteiger partial charge < -0.3 is 15.0 Å². The molecule has 0 bridgehead atoms. The smallest absolute Gasteiger partial charge is 0.260 e. The van der Waals surface area contributed by atoms with Crippen LogP contribution in [0.15, 0.2) is 24.5 Å². The van der Waals surface area contributed by atoms with Gasteiger partial charge in [0, 0.05) is 47.7 Å². The van der Waals surface area contributed by atoms with Crippen LogP contribution in [-0.2, 0) is 11.2 Å². The SMILES string of the molecule is CC1CCc2c(ccc(-c3cnn(C4CC4)c3)c2OCC(=O)N(C)C2CC2)N1. The zero-order valence-corrected chi connectivity index (χ0v) is 16.6. The largest absolute Gasteiger partial charge is 0.483 e. The molecule has 2 aliphatic carbocycles. The van der Waals surface area contributed by atoms with E-state index in [4.69, 9.17) is 4.74 Å². The van der Waals surface area contributed by atoms with Crippen LogP contribution in [-0.4, -0.2) is 46.3 Å². The van der Waals surface area contributed by atoms with Gasteiger partial charge in [-0.2, -0.15) is 5.10 Å². The van der Waals surface area contributed by atoms with Crippen molar-refractivity contribution in [3.63, 3.8) is 0 Å². The third-order valence-corrected chi connectivity index (χ3v) is 6.15. The summed E-state index contributed by atoms with van der Waals surface area (Å²) in [5.74, 6) is 0.890. The highest BCUT2D eigenvalue weighted by molar-refractivity contribution is 5.80. The fourth-order valence-electron chi connectivity index (χ4n) is 4.02. The topological polar surface area (TPSA) is 59.4 Å². The van der Waals surface area contributed by atoms with Crippen LogP contribution in [0.3, 0.4) is 0 Å². The standard InChI is InChI=1S/C22H28N4O2/c1-14-3-8-19-20(24-14)10-9-18(15-11-23-26(12-15)17-6-7-17)22(19)28-13-21(27)25(2)16-4-5-16/h9-12,14,16-17,24H,3-8,13H2,1-2H3. The van der Waals surface area contributed by atoms with Crippen LogP contribution in [0.1, 0.15) is 50.6 Å². The minimum absolute atomic E-state index is 0.0527. The molecular weight excluding hydrogens is 352 g/mol. The van der Waals surface area contributed by atoms with Crippen molar-refractivity contribution < 1.29 is 9.53 Å². The number of hydrogen-bond donors (Lipinski definition) is 1. The third-order valence-electron chi connectivity index (χ3n) is 6.15. The number of carbonyl (C=O) groups excluding carboxylic acids is 1. The second-order valence-electron chi connectivity index (χ2n) is 8.52. The molecule has 1 aromatic heterocycles. The van der Waals surface area contributed by atoms with Crippen LogP contribution in [0.25, 0.3) is 11.1 Å². The van der Waals surface area contributed by atoms with Crippen LogP contribution in [0.2, 0.25) is 0 Å². The predicted molar refractivity (Wildman–Crippen MR) is 109 cm³/mol. The van der Waals surface area contributed by atoms with Crippen molar-refractivity contribution in [3.8, 4) is 16.9 Å². The van der Waals surface area contributed by atoms with Crippen LogP contribution in [0.5, 0.6) is 5.75 Å². The molecule has 1 atom stereocenters. The molecule has 1 aliphatic heterocycles. The lowest BCUT2D eigenvalue weighted by Gasteiger charge is -2.27. The Morgan fingerprint density at radius 3 is 2.86 bits per heavy atom. The summed E-state index contributed by atoms with van der Waals surface area (Å²) in [7, 11) is 1.88. The molecule has 6 heteroatoms. The summed E-state index contributed by atoms with van der Waals surface area (Å²) in [6.07, 6.45) is 10.7. The molecule has 2 saturated carbocycles. The summed E-state index contributed by atoms with van der Waals surface area (Å²) >= 11 is 0. The van der Waals surface area contributed by atoms with E-state index < -0.39 is 0 Å². The van der Waals surface area contributed by atoms with Gasteiger partial charge in [0.1, 0.15) is 5.75 Å². The number of anilines is 1. The Kier molecular flexibility index (Phi) is 4.29. The maximum Gasteiger partial charge on any atom is 0.260 e. The zero-order chi connectivity index (χ0) is 19.3. The molecule has 2 heterocycles. The highest BCUT2D eigenvalue weighted by atomic mass is 16.5. The zero-order valence-electron chi connectivity index (χ0n) is 16.6. The van der Waals surface area contributed by atoms with Crippen molar-refractivity contribution in [2.24, 2.45) is 0 Å². The number of benzene rings is 1. The van der Waals surface area contributed by atoms with Crippen molar-refractivity contribution in [3.05, 3.63) is 30.1 Å². The maximum atomic E-state index is 12.5. The summed E-state index contributed by atoms with van der Waals surface area (Å²) < 4.78 is 8.26. The highest BCUT2D eigenvalue weighted by Gasteiger charge is 2.30. The van der Waals surface area contributed by atoms with E-state index >= 15 is 0 Å². The fourth-order valence-corrected chi connectivity index (χ4v) is 4.02. The van der Waals surface area contributed by atoms with Gasteiger partial charge in [0.05, 0.1) is 12.2 Å². The molecule has 3 aliphatic rings. The average molecular weight is 380 g/mol. The summed E-state index contributed by atoms with van der Waals surface area (Å²) in [5, 5.41) is 8.10. The summed E-state index contributed by atoms with van der Waals surface area (Å²) in [4.78, 5) is 14.4. The van der Waals surface area contributed by atoms with Gasteiger partial charge in [-0.15, -0.1) is 0 Å². The molecule has 0 radical (unpaired) electrons. The molecule has 148 valence electrons. The van der Waals surface area contributed by atoms with E-state index in [9.17, 15) is 4.79 Å². The van der Waals surface area contributed by atoms with E-state index in [-0.39, 0.29) is 12.5 Å². The predicted octanol–water partition coefficient (Wildman–Crippen LogP) is 3.63. The molecule has 0 saturated heterocycles. The Morgan fingerprint density at radius 1 is 1.29 bits per heavy atom. The first-order valence-corrected chi connectivity index (χ1v) is 10.5. The molecule has 5 rings (SSSR count). The van der Waals surface area contributed by atoms with Crippen molar-refractivity contribution in [2.45, 2.75) is 63.6 Å². The first-order valence-electron chi connectivity index (χ1n) is 10.5. The molecule has 1 N–H and O–H groups in total. The minimum atomic E-state index is 0.0527. The first-order chi connectivity index (χ1) is 13.6. The van der Waals surface area contributed by atoms with Gasteiger partial charge in [0.2, 0.25) is 0 Å². The monoisotopic (exact) mass is 380 g/mol. The van der Waals surface area contributed by atoms with Gasteiger partial charge in [-0.25, -0.2) is 0 Å². The van der Waals surface area contributed by atoms with Crippen molar-refractivity contribution in [2.75, 3.05) is 19.0 Å². The summed E-state index contributed by atoms with van der Waals surface area (Å²) in [5.41, 5.74) is 4.39. The number of fused-ring (bicyclic) bond motifs is 1. The molecule has 1 aromatic carbocycles. The number of nitrogens with zero attached hydrogens (tertiary/aromatic N) is 3. The molecular formula is C22H28N4O2. The molecule has 0 spiro atoms. The van der Waals surface area contributed by atoms with E-state index in [0.717, 1.165) is 48.2 Å². The quantitative estimate of drug-likeness (QED) is 0.831. The van der Waals surface area contributed by atoms with Crippen LogP contribution < -0.4 is 10.1 Å². The van der Waals surface area contributed by atoms with Gasteiger partial charge in [-0.05, 0) is 57.6 Å². The average Bonchev–Trinajstić information content (AvgIpc) is 3.63. The van der Waals surface area contributed by atoms with E-state index in [1.54, 1.807) is 0 Å². The molecule has 2 fully saturated rings. The molecule has 1 amide bonds. The summed E-state index contributed by atoms with van der Waals surface area (Å²) in [6, 6.07) is 5.64. The molecule has 1 unspecified atom stereocenters. The number of carbonyl (C=O) groups is 1. The van der Waals surface area contributed by atoms with Crippen LogP contribution >= 0.6 is 0 Å². The normalized spacial score (nSPS) is 21.0. The number of nitrogens with one attached hydrogen (secondary N) is 1. The van der Waals surface area contributed by atoms with Gasteiger partial charge in [-0.3, -0.25) is 9.48 Å². The Labute approximate surface area is 165 Å². The van der Waals surface area contributed by atoms with Crippen molar-refractivity contribution >= 4 is 11.6 Å². The van der Waals surface area contributed by atoms with Crippen LogP contribution in [0.4, 0.5) is 5.69 Å². The van der Waals surface area contributed by atoms with Gasteiger partial charge in [0.15, 0.2) is 6.61 Å². The van der Waals surface area contributed by atoms with E-state index in [0.29, 0.717) is 18.1 Å². The maximum absolute atomic E-state index is 12.5. The number of amides is 1. The Bertz CT molecular complexity index is 898. The number of aromatic nitrogens is 2. The lowest BCUT2D eigenvalue weighted by molar-refractivity contribution is -0.132. The Morgan fingerprint density at radius 2 is 2.11 bits per heavy atom. The minimum Gasteiger partial charge on any atom is -0.483 e. The Balaban J connectivity index is 1.45. The van der Waals surface area contributed by atoms with E-state index in [1.807, 2.05) is 18.1 Å². The van der Waals surface area contributed by atoms with Gasteiger partial charge >= 0.3 is 0 Å². The molecule has 2 aromatic rings. The van der Waals surface area contributed by atoms with E-state index in [1.165, 1.54) is 18.4 Å². The second kappa shape index (κ2) is 6.83. The molecule has 6 nitrogen and oxygen atoms in total. The van der Waals surface area contributed by atoms with Crippen molar-refractivity contribution in [1.29, 1.82) is 0 Å². The van der Waals surface area contributed by atoms with Gasteiger partial charge in [0.25, 0.3) is 5.91 Å². The lowest BCUT2D eigenvalue weighted by Crippen LogP contribution is -2.33. The number of likely N-dealkylation sites (N-methyl/N-ethyl adjacent to an activating group) is 1. The number of rotatable bonds is 6. The number of hydrogen-bond acceptors (Lipinski definition) is 4. The van der Waals surface area contributed by atoms with Crippen molar-refractivity contribution in [1.82, 2.24) is 14.7 Å². The Hall–Kier alpha value is -2.50. The van der Waals surface area contributed by atoms with E-state index in [2.05, 4.69) is 40.4 Å². The number of ether oxygens (including phenoxy) is 1. The third kappa shape index (κ3) is 3.36. The lowest BCUT2D eigenvalue weighted by atomic mass is 9.94. The molecule has 28 heavy (non-hydrogen) atoms. The first kappa shape index (κ1) is 17.6. The van der Waals surface area contributed by atoms with Gasteiger partial charge in [-0.1, -0.05) is 0 Å². The second-order valence-corrected chi connectivity index (χ2v) is 8.52. The fraction of sp³-hybridized carbons (Fsp3) is 0.545.